The van der Waals surface area contributed by atoms with Crippen molar-refractivity contribution < 1.29 is 19.1 Å². The van der Waals surface area contributed by atoms with Crippen LogP contribution < -0.4 is 15.7 Å². The molecule has 3 aromatic rings. The minimum atomic E-state index is -0.626. The van der Waals surface area contributed by atoms with E-state index in [4.69, 9.17) is 9.15 Å². The molecule has 2 aromatic carbocycles. The standard InChI is InChI=1S/C19H15NO5/c21-15-8-9-24-17-13(15)6-3-7-14(17)20-18(22)16-10-11-4-1-2-5-12(11)19(23)25-16/h1-7,10,15,21H,8-9H2,(H,20,22)/t15-/m1/s1. The zero-order valence-corrected chi connectivity index (χ0v) is 13.2. The van der Waals surface area contributed by atoms with Gasteiger partial charge < -0.3 is 19.6 Å². The first-order valence-corrected chi connectivity index (χ1v) is 7.91. The lowest BCUT2D eigenvalue weighted by molar-refractivity contribution is 0.0988. The summed E-state index contributed by atoms with van der Waals surface area (Å²) in [6, 6.07) is 13.6. The van der Waals surface area contributed by atoms with Crippen molar-refractivity contribution in [3.8, 4) is 5.75 Å². The maximum absolute atomic E-state index is 12.5. The van der Waals surface area contributed by atoms with Crippen LogP contribution in [0.5, 0.6) is 5.75 Å². The van der Waals surface area contributed by atoms with Crippen LogP contribution in [0.1, 0.15) is 28.6 Å². The molecular weight excluding hydrogens is 322 g/mol. The Morgan fingerprint density at radius 2 is 2.00 bits per heavy atom. The van der Waals surface area contributed by atoms with Gasteiger partial charge in [-0.2, -0.15) is 0 Å². The van der Waals surface area contributed by atoms with Gasteiger partial charge in [0.1, 0.15) is 5.75 Å². The summed E-state index contributed by atoms with van der Waals surface area (Å²) in [4.78, 5) is 24.5. The Morgan fingerprint density at radius 1 is 1.16 bits per heavy atom. The van der Waals surface area contributed by atoms with Crippen molar-refractivity contribution >= 4 is 22.4 Å². The van der Waals surface area contributed by atoms with Gasteiger partial charge in [-0.1, -0.05) is 30.3 Å². The molecule has 126 valence electrons. The average molecular weight is 337 g/mol. The fourth-order valence-electron chi connectivity index (χ4n) is 2.94. The monoisotopic (exact) mass is 337 g/mol. The molecule has 0 spiro atoms. The van der Waals surface area contributed by atoms with Crippen molar-refractivity contribution in [1.82, 2.24) is 0 Å². The fourth-order valence-corrected chi connectivity index (χ4v) is 2.94. The van der Waals surface area contributed by atoms with E-state index in [-0.39, 0.29) is 5.76 Å². The Balaban J connectivity index is 1.70. The van der Waals surface area contributed by atoms with Crippen molar-refractivity contribution in [3.63, 3.8) is 0 Å². The Morgan fingerprint density at radius 3 is 2.88 bits per heavy atom. The molecule has 0 radical (unpaired) electrons. The Labute approximate surface area is 142 Å². The lowest BCUT2D eigenvalue weighted by Gasteiger charge is -2.24. The number of nitrogens with one attached hydrogen (secondary N) is 1. The number of hydrogen-bond donors (Lipinski definition) is 2. The Kier molecular flexibility index (Phi) is 3.74. The highest BCUT2D eigenvalue weighted by Crippen LogP contribution is 2.37. The van der Waals surface area contributed by atoms with Crippen molar-refractivity contribution in [2.45, 2.75) is 12.5 Å². The van der Waals surface area contributed by atoms with Crippen LogP contribution in [0.3, 0.4) is 0 Å². The second-order valence-electron chi connectivity index (χ2n) is 5.82. The zero-order chi connectivity index (χ0) is 17.4. The minimum absolute atomic E-state index is 0.0855. The highest BCUT2D eigenvalue weighted by Gasteiger charge is 2.23. The van der Waals surface area contributed by atoms with Crippen LogP contribution >= 0.6 is 0 Å². The number of carbonyl (C=O) groups excluding carboxylic acids is 1. The van der Waals surface area contributed by atoms with E-state index < -0.39 is 17.6 Å². The molecule has 6 nitrogen and oxygen atoms in total. The number of aliphatic hydroxyl groups is 1. The minimum Gasteiger partial charge on any atom is -0.491 e. The lowest BCUT2D eigenvalue weighted by atomic mass is 10.0. The predicted molar refractivity (Wildman–Crippen MR) is 92.0 cm³/mol. The molecule has 2 heterocycles. The molecule has 1 amide bonds. The smallest absolute Gasteiger partial charge is 0.344 e. The molecule has 1 atom stereocenters. The van der Waals surface area contributed by atoms with Crippen LogP contribution in [0.25, 0.3) is 10.8 Å². The largest absolute Gasteiger partial charge is 0.491 e. The van der Waals surface area contributed by atoms with E-state index in [9.17, 15) is 14.7 Å². The number of anilines is 1. The summed E-state index contributed by atoms with van der Waals surface area (Å²) in [7, 11) is 0. The quantitative estimate of drug-likeness (QED) is 0.750. The summed E-state index contributed by atoms with van der Waals surface area (Å²) in [5, 5.41) is 13.8. The van der Waals surface area contributed by atoms with E-state index in [1.807, 2.05) is 0 Å². The predicted octanol–water partition coefficient (Wildman–Crippen LogP) is 2.86. The third-order valence-electron chi connectivity index (χ3n) is 4.18. The molecule has 6 heteroatoms. The normalized spacial score (nSPS) is 16.1. The second kappa shape index (κ2) is 6.07. The number of amides is 1. The van der Waals surface area contributed by atoms with Crippen LogP contribution in [0.2, 0.25) is 0 Å². The van der Waals surface area contributed by atoms with Crippen LogP contribution in [0.4, 0.5) is 5.69 Å². The molecule has 1 aliphatic rings. The number of para-hydroxylation sites is 1. The number of carbonyl (C=O) groups is 1. The van der Waals surface area contributed by atoms with Crippen LogP contribution in [0.15, 0.2) is 57.7 Å². The molecule has 0 fully saturated rings. The van der Waals surface area contributed by atoms with Gasteiger partial charge >= 0.3 is 5.63 Å². The number of aliphatic hydroxyl groups excluding tert-OH is 1. The van der Waals surface area contributed by atoms with E-state index in [2.05, 4.69) is 5.32 Å². The van der Waals surface area contributed by atoms with Gasteiger partial charge in [0.25, 0.3) is 5.91 Å². The molecule has 0 unspecified atom stereocenters. The topological polar surface area (TPSA) is 88.8 Å². The highest BCUT2D eigenvalue weighted by atomic mass is 16.5. The molecule has 25 heavy (non-hydrogen) atoms. The molecular formula is C19H15NO5. The van der Waals surface area contributed by atoms with E-state index in [0.29, 0.717) is 40.8 Å². The van der Waals surface area contributed by atoms with Gasteiger partial charge in [-0.25, -0.2) is 4.79 Å². The third-order valence-corrected chi connectivity index (χ3v) is 4.18. The van der Waals surface area contributed by atoms with E-state index in [1.165, 1.54) is 6.07 Å². The van der Waals surface area contributed by atoms with Gasteiger partial charge in [0.15, 0.2) is 5.76 Å². The fraction of sp³-hybridized carbons (Fsp3) is 0.158. The van der Waals surface area contributed by atoms with Gasteiger partial charge in [-0.15, -0.1) is 0 Å². The number of rotatable bonds is 2. The van der Waals surface area contributed by atoms with Crippen molar-refractivity contribution in [2.24, 2.45) is 0 Å². The van der Waals surface area contributed by atoms with Crippen LogP contribution in [0, 0.1) is 0 Å². The van der Waals surface area contributed by atoms with E-state index in [1.54, 1.807) is 42.5 Å². The van der Waals surface area contributed by atoms with Gasteiger partial charge in [0.2, 0.25) is 0 Å². The number of fused-ring (bicyclic) bond motifs is 2. The number of ether oxygens (including phenoxy) is 1. The average Bonchev–Trinajstić information content (AvgIpc) is 2.62. The summed E-state index contributed by atoms with van der Waals surface area (Å²) in [6.07, 6.45) is -0.122. The number of hydrogen-bond acceptors (Lipinski definition) is 5. The van der Waals surface area contributed by atoms with Gasteiger partial charge in [-0.3, -0.25) is 4.79 Å². The van der Waals surface area contributed by atoms with Crippen molar-refractivity contribution in [1.29, 1.82) is 0 Å². The first kappa shape index (κ1) is 15.4. The summed E-state index contributed by atoms with van der Waals surface area (Å²) < 4.78 is 10.7. The van der Waals surface area contributed by atoms with Gasteiger partial charge in [0, 0.05) is 12.0 Å². The van der Waals surface area contributed by atoms with Gasteiger partial charge in [-0.05, 0) is 23.6 Å². The molecule has 4 rings (SSSR count). The molecule has 1 aromatic heterocycles. The Bertz CT molecular complexity index is 1020. The zero-order valence-electron chi connectivity index (χ0n) is 13.2. The third kappa shape index (κ3) is 2.77. The summed E-state index contributed by atoms with van der Waals surface area (Å²) >= 11 is 0. The maximum Gasteiger partial charge on any atom is 0.344 e. The molecule has 1 aliphatic heterocycles. The maximum atomic E-state index is 12.5. The SMILES string of the molecule is O=C(Nc1cccc2c1OCC[C@H]2O)c1cc2ccccc2c(=O)o1. The number of benzene rings is 2. The van der Waals surface area contributed by atoms with Crippen LogP contribution in [-0.2, 0) is 0 Å². The highest BCUT2D eigenvalue weighted by molar-refractivity contribution is 6.04. The van der Waals surface area contributed by atoms with Crippen LogP contribution in [-0.4, -0.2) is 17.6 Å². The Hall–Kier alpha value is -3.12. The van der Waals surface area contributed by atoms with Gasteiger partial charge in [0.05, 0.1) is 23.8 Å². The summed E-state index contributed by atoms with van der Waals surface area (Å²) in [5.74, 6) is -0.199. The molecule has 0 bridgehead atoms. The lowest BCUT2D eigenvalue weighted by Crippen LogP contribution is -2.19. The van der Waals surface area contributed by atoms with Crippen molar-refractivity contribution in [2.75, 3.05) is 11.9 Å². The second-order valence-corrected chi connectivity index (χ2v) is 5.82. The first-order valence-electron chi connectivity index (χ1n) is 7.91. The molecule has 0 saturated carbocycles. The molecule has 0 aliphatic carbocycles. The molecule has 0 saturated heterocycles. The molecule has 2 N–H and O–H groups in total. The van der Waals surface area contributed by atoms with E-state index >= 15 is 0 Å². The summed E-state index contributed by atoms with van der Waals surface area (Å²) in [5.41, 5.74) is 0.492. The first-order chi connectivity index (χ1) is 12.1. The summed E-state index contributed by atoms with van der Waals surface area (Å²) in [6.45, 7) is 0.367. The van der Waals surface area contributed by atoms with E-state index in [0.717, 1.165) is 0 Å². The van der Waals surface area contributed by atoms with Crippen molar-refractivity contribution in [3.05, 3.63) is 70.3 Å².